The molecule has 2 amide bonds. The Hall–Kier alpha value is -3.61. The van der Waals surface area contributed by atoms with Crippen molar-refractivity contribution >= 4 is 52.6 Å². The molecule has 0 unspecified atom stereocenters. The van der Waals surface area contributed by atoms with Gasteiger partial charge in [-0.05, 0) is 59.7 Å². The summed E-state index contributed by atoms with van der Waals surface area (Å²) < 4.78 is 5.22. The molecule has 4 atom stereocenters. The Bertz CT molecular complexity index is 1450. The molecule has 8 heteroatoms. The van der Waals surface area contributed by atoms with Crippen molar-refractivity contribution in [3.05, 3.63) is 99.7 Å². The Morgan fingerprint density at radius 1 is 0.917 bits per heavy atom. The van der Waals surface area contributed by atoms with E-state index in [1.807, 2.05) is 41.4 Å². The average Bonchev–Trinajstić information content (AvgIpc) is 3.36. The minimum absolute atomic E-state index is 0.206. The highest BCUT2D eigenvalue weighted by Gasteiger charge is 2.64. The Morgan fingerprint density at radius 3 is 2.36 bits per heavy atom. The Kier molecular flexibility index (Phi) is 5.39. The Labute approximate surface area is 217 Å². The minimum Gasteiger partial charge on any atom is -0.497 e. The number of imide groups is 1. The van der Waals surface area contributed by atoms with E-state index < -0.39 is 29.8 Å². The molecule has 6 nitrogen and oxygen atoms in total. The highest BCUT2D eigenvalue weighted by atomic mass is 35.5. The van der Waals surface area contributed by atoms with Gasteiger partial charge in [-0.15, -0.1) is 0 Å². The molecule has 3 aromatic carbocycles. The molecule has 0 spiro atoms. The predicted molar refractivity (Wildman–Crippen MR) is 137 cm³/mol. The lowest BCUT2D eigenvalue weighted by Gasteiger charge is -2.35. The van der Waals surface area contributed by atoms with Crippen LogP contribution in [0, 0.1) is 11.8 Å². The largest absolute Gasteiger partial charge is 0.497 e. The van der Waals surface area contributed by atoms with Gasteiger partial charge in [-0.2, -0.15) is 0 Å². The van der Waals surface area contributed by atoms with Gasteiger partial charge in [0.15, 0.2) is 5.78 Å². The molecule has 180 valence electrons. The zero-order valence-corrected chi connectivity index (χ0v) is 20.6. The minimum atomic E-state index is -0.900. The van der Waals surface area contributed by atoms with Crippen LogP contribution in [0.15, 0.2) is 72.9 Å². The number of benzene rings is 3. The van der Waals surface area contributed by atoms with Crippen LogP contribution in [0.3, 0.4) is 0 Å². The maximum atomic E-state index is 14.0. The fourth-order valence-electron chi connectivity index (χ4n) is 5.69. The SMILES string of the molecule is COc1ccc(N2C(=O)[C@@H]3[C@H](C2=O)[C@@H]2c4ccccc4C=CN2[C@@H]3C(=O)c2ccc(Cl)cc2Cl)cc1. The summed E-state index contributed by atoms with van der Waals surface area (Å²) in [6.07, 6.45) is 3.73. The van der Waals surface area contributed by atoms with E-state index in [0.717, 1.165) is 11.1 Å². The number of Topliss-reactive ketones (excluding diaryl/α,β-unsaturated/α-hetero) is 1. The zero-order valence-electron chi connectivity index (χ0n) is 19.1. The fraction of sp³-hybridized carbons (Fsp3) is 0.179. The molecule has 2 fully saturated rings. The summed E-state index contributed by atoms with van der Waals surface area (Å²) in [5.74, 6) is -2.05. The molecule has 0 radical (unpaired) electrons. The van der Waals surface area contributed by atoms with Crippen molar-refractivity contribution in [3.63, 3.8) is 0 Å². The molecule has 36 heavy (non-hydrogen) atoms. The van der Waals surface area contributed by atoms with Crippen LogP contribution >= 0.6 is 23.2 Å². The average molecular weight is 519 g/mol. The number of hydrogen-bond acceptors (Lipinski definition) is 5. The number of carbonyl (C=O) groups excluding carboxylic acids is 3. The van der Waals surface area contributed by atoms with E-state index in [1.54, 1.807) is 43.5 Å². The van der Waals surface area contributed by atoms with Crippen LogP contribution < -0.4 is 9.64 Å². The normalized spacial score (nSPS) is 24.0. The first-order chi connectivity index (χ1) is 17.4. The number of methoxy groups -OCH3 is 1. The molecule has 0 bridgehead atoms. The van der Waals surface area contributed by atoms with Crippen LogP contribution in [0.2, 0.25) is 10.0 Å². The zero-order chi connectivity index (χ0) is 25.1. The first-order valence-electron chi connectivity index (χ1n) is 11.5. The molecule has 3 aromatic rings. The number of ether oxygens (including phenoxy) is 1. The topological polar surface area (TPSA) is 66.9 Å². The van der Waals surface area contributed by atoms with Crippen LogP contribution in [0.25, 0.3) is 6.08 Å². The highest BCUT2D eigenvalue weighted by molar-refractivity contribution is 6.37. The number of anilines is 1. The van der Waals surface area contributed by atoms with Crippen molar-refractivity contribution in [1.29, 1.82) is 0 Å². The number of carbonyl (C=O) groups is 3. The van der Waals surface area contributed by atoms with Crippen molar-refractivity contribution < 1.29 is 19.1 Å². The van der Waals surface area contributed by atoms with E-state index in [-0.39, 0.29) is 22.3 Å². The summed E-state index contributed by atoms with van der Waals surface area (Å²) in [5.41, 5.74) is 2.58. The molecular formula is C28H20Cl2N2O4. The summed E-state index contributed by atoms with van der Waals surface area (Å²) in [5, 5.41) is 0.612. The first-order valence-corrected chi connectivity index (χ1v) is 12.2. The number of rotatable bonds is 4. The molecular weight excluding hydrogens is 499 g/mol. The van der Waals surface area contributed by atoms with Gasteiger partial charge in [0.2, 0.25) is 11.8 Å². The van der Waals surface area contributed by atoms with Crippen LogP contribution in [0.4, 0.5) is 5.69 Å². The Balaban J connectivity index is 1.49. The second-order valence-corrected chi connectivity index (χ2v) is 9.88. The summed E-state index contributed by atoms with van der Waals surface area (Å²) in [6.45, 7) is 0. The van der Waals surface area contributed by atoms with Crippen LogP contribution in [-0.4, -0.2) is 35.6 Å². The number of hydrogen-bond donors (Lipinski definition) is 0. The van der Waals surface area contributed by atoms with Gasteiger partial charge in [-0.3, -0.25) is 14.4 Å². The molecule has 0 aliphatic carbocycles. The Morgan fingerprint density at radius 2 is 1.64 bits per heavy atom. The molecule has 0 aromatic heterocycles. The van der Waals surface area contributed by atoms with Crippen molar-refractivity contribution in [2.75, 3.05) is 12.0 Å². The van der Waals surface area contributed by atoms with Gasteiger partial charge >= 0.3 is 0 Å². The van der Waals surface area contributed by atoms with Gasteiger partial charge in [-0.1, -0.05) is 47.5 Å². The van der Waals surface area contributed by atoms with E-state index in [0.29, 0.717) is 16.5 Å². The lowest BCUT2D eigenvalue weighted by atomic mass is 9.83. The first kappa shape index (κ1) is 22.8. The van der Waals surface area contributed by atoms with Gasteiger partial charge in [-0.25, -0.2) is 4.90 Å². The molecule has 3 heterocycles. The van der Waals surface area contributed by atoms with E-state index >= 15 is 0 Å². The molecule has 3 aliphatic heterocycles. The molecule has 2 saturated heterocycles. The molecule has 6 rings (SSSR count). The van der Waals surface area contributed by atoms with Gasteiger partial charge in [0.05, 0.1) is 35.7 Å². The summed E-state index contributed by atoms with van der Waals surface area (Å²) in [6, 6.07) is 17.8. The van der Waals surface area contributed by atoms with Gasteiger partial charge < -0.3 is 9.64 Å². The van der Waals surface area contributed by atoms with Crippen molar-refractivity contribution in [2.45, 2.75) is 12.1 Å². The lowest BCUT2D eigenvalue weighted by Crippen LogP contribution is -2.44. The lowest BCUT2D eigenvalue weighted by molar-refractivity contribution is -0.123. The summed E-state index contributed by atoms with van der Waals surface area (Å²) in [7, 11) is 1.55. The van der Waals surface area contributed by atoms with Crippen molar-refractivity contribution in [3.8, 4) is 5.75 Å². The molecule has 0 saturated carbocycles. The quantitative estimate of drug-likeness (QED) is 0.341. The second kappa shape index (κ2) is 8.50. The standard InChI is InChI=1S/C28H20Cl2N2O4/c1-36-18-9-7-17(8-10-18)32-27(34)22-23(28(32)35)25(26(33)20-11-6-16(29)14-21(20)30)31-13-12-15-4-2-3-5-19(15)24(22)31/h2-14,22-25H,1H3/t22-,23+,24-,25-/m0/s1. The van der Waals surface area contributed by atoms with Gasteiger partial charge in [0.25, 0.3) is 0 Å². The number of fused-ring (bicyclic) bond motifs is 5. The predicted octanol–water partition coefficient (Wildman–Crippen LogP) is 5.40. The smallest absolute Gasteiger partial charge is 0.240 e. The van der Waals surface area contributed by atoms with Crippen LogP contribution in [0.5, 0.6) is 5.75 Å². The molecule has 0 N–H and O–H groups in total. The molecule has 3 aliphatic rings. The van der Waals surface area contributed by atoms with E-state index in [1.165, 1.54) is 11.0 Å². The van der Waals surface area contributed by atoms with Gasteiger partial charge in [0, 0.05) is 16.8 Å². The third kappa shape index (κ3) is 3.29. The fourth-order valence-corrected chi connectivity index (χ4v) is 6.19. The third-order valence-electron chi connectivity index (χ3n) is 7.26. The van der Waals surface area contributed by atoms with E-state index in [9.17, 15) is 14.4 Å². The highest BCUT2D eigenvalue weighted by Crippen LogP contribution is 2.54. The summed E-state index contributed by atoms with van der Waals surface area (Å²) >= 11 is 12.5. The van der Waals surface area contributed by atoms with Crippen molar-refractivity contribution in [2.24, 2.45) is 11.8 Å². The monoisotopic (exact) mass is 518 g/mol. The van der Waals surface area contributed by atoms with Gasteiger partial charge in [0.1, 0.15) is 11.8 Å². The third-order valence-corrected chi connectivity index (χ3v) is 7.81. The van der Waals surface area contributed by atoms with E-state index in [4.69, 9.17) is 27.9 Å². The van der Waals surface area contributed by atoms with Crippen LogP contribution in [-0.2, 0) is 9.59 Å². The number of amides is 2. The number of halogens is 2. The number of nitrogens with zero attached hydrogens (tertiary/aromatic N) is 2. The maximum Gasteiger partial charge on any atom is 0.240 e. The summed E-state index contributed by atoms with van der Waals surface area (Å²) in [4.78, 5) is 44.8. The second-order valence-electron chi connectivity index (χ2n) is 9.03. The maximum absolute atomic E-state index is 14.0. The van der Waals surface area contributed by atoms with Crippen molar-refractivity contribution in [1.82, 2.24) is 4.90 Å². The van der Waals surface area contributed by atoms with E-state index in [2.05, 4.69) is 0 Å². The van der Waals surface area contributed by atoms with Crippen LogP contribution in [0.1, 0.15) is 27.5 Å². The number of ketones is 1.